The Hall–Kier alpha value is -2.39. The number of aromatic nitrogens is 3. The van der Waals surface area contributed by atoms with Crippen LogP contribution in [0.4, 0.5) is 0 Å². The highest BCUT2D eigenvalue weighted by molar-refractivity contribution is 5.91. The lowest BCUT2D eigenvalue weighted by atomic mass is 9.89. The first-order valence-corrected chi connectivity index (χ1v) is 10.8. The van der Waals surface area contributed by atoms with E-state index in [0.717, 1.165) is 44.2 Å². The van der Waals surface area contributed by atoms with Crippen molar-refractivity contribution in [1.29, 1.82) is 0 Å². The van der Waals surface area contributed by atoms with Crippen molar-refractivity contribution in [2.45, 2.75) is 44.4 Å². The quantitative estimate of drug-likeness (QED) is 0.712. The molecule has 0 unspecified atom stereocenters. The van der Waals surface area contributed by atoms with Gasteiger partial charge in [-0.05, 0) is 31.0 Å². The number of carbonyl (C=O) groups excluding carboxylic acids is 1. The summed E-state index contributed by atoms with van der Waals surface area (Å²) in [5.74, 6) is 2.23. The summed E-state index contributed by atoms with van der Waals surface area (Å²) in [7, 11) is 3.69. The van der Waals surface area contributed by atoms with E-state index in [2.05, 4.69) is 21.7 Å². The van der Waals surface area contributed by atoms with E-state index in [4.69, 9.17) is 19.0 Å². The van der Waals surface area contributed by atoms with Gasteiger partial charge in [0.2, 0.25) is 5.76 Å². The van der Waals surface area contributed by atoms with E-state index in [1.54, 1.807) is 4.90 Å². The molecule has 0 N–H and O–H groups in total. The number of hydrogen-bond donors (Lipinski definition) is 0. The standard InChI is InChI=1S/C21H29N5O4/c1-24(13-15-3-4-15)14-16-12-22-20-21(29-10-9-26(16)20)5-7-25(8-6-21)19(27)17-11-18(28-2)23-30-17/h11-12,15H,3-10,13-14H2,1-2H3. The maximum atomic E-state index is 12.7. The zero-order chi connectivity index (χ0) is 20.7. The highest BCUT2D eigenvalue weighted by Gasteiger charge is 2.44. The van der Waals surface area contributed by atoms with E-state index >= 15 is 0 Å². The Morgan fingerprint density at radius 2 is 2.13 bits per heavy atom. The van der Waals surface area contributed by atoms with Crippen LogP contribution in [0.25, 0.3) is 0 Å². The minimum Gasteiger partial charge on any atom is -0.479 e. The van der Waals surface area contributed by atoms with Gasteiger partial charge in [-0.3, -0.25) is 4.79 Å². The summed E-state index contributed by atoms with van der Waals surface area (Å²) < 4.78 is 18.8. The summed E-state index contributed by atoms with van der Waals surface area (Å²) in [5.41, 5.74) is 0.838. The number of amides is 1. The van der Waals surface area contributed by atoms with Gasteiger partial charge in [-0.15, -0.1) is 0 Å². The predicted molar refractivity (Wildman–Crippen MR) is 107 cm³/mol. The lowest BCUT2D eigenvalue weighted by Crippen LogP contribution is -2.49. The molecule has 2 fully saturated rings. The zero-order valence-electron chi connectivity index (χ0n) is 17.7. The van der Waals surface area contributed by atoms with E-state index in [1.807, 2.05) is 6.20 Å². The van der Waals surface area contributed by atoms with Gasteiger partial charge in [-0.25, -0.2) is 4.98 Å². The summed E-state index contributed by atoms with van der Waals surface area (Å²) in [6.45, 7) is 4.76. The molecule has 0 aromatic carbocycles. The van der Waals surface area contributed by atoms with Crippen LogP contribution in [0.2, 0.25) is 0 Å². The molecule has 1 aliphatic carbocycles. The van der Waals surface area contributed by atoms with Crippen LogP contribution in [-0.2, 0) is 23.4 Å². The Morgan fingerprint density at radius 1 is 1.33 bits per heavy atom. The molecule has 0 atom stereocenters. The number of imidazole rings is 1. The first kappa shape index (κ1) is 19.6. The van der Waals surface area contributed by atoms with Crippen LogP contribution in [0.3, 0.4) is 0 Å². The molecule has 5 rings (SSSR count). The second kappa shape index (κ2) is 7.70. The summed E-state index contributed by atoms with van der Waals surface area (Å²) >= 11 is 0. The molecule has 9 nitrogen and oxygen atoms in total. The van der Waals surface area contributed by atoms with Crippen molar-refractivity contribution in [3.05, 3.63) is 29.5 Å². The van der Waals surface area contributed by atoms with Crippen molar-refractivity contribution < 1.29 is 18.8 Å². The Bertz CT molecular complexity index is 910. The Kier molecular flexibility index (Phi) is 5.02. The number of piperidine rings is 1. The van der Waals surface area contributed by atoms with Crippen molar-refractivity contribution >= 4 is 5.91 Å². The van der Waals surface area contributed by atoms with Crippen LogP contribution in [0.5, 0.6) is 5.88 Å². The van der Waals surface area contributed by atoms with Gasteiger partial charge in [-0.2, -0.15) is 0 Å². The Balaban J connectivity index is 1.27. The van der Waals surface area contributed by atoms with Crippen LogP contribution in [-0.4, -0.2) is 70.8 Å². The lowest BCUT2D eigenvalue weighted by molar-refractivity contribution is -0.112. The third kappa shape index (κ3) is 3.60. The molecular weight excluding hydrogens is 386 g/mol. The van der Waals surface area contributed by atoms with Gasteiger partial charge in [0, 0.05) is 51.8 Å². The maximum Gasteiger partial charge on any atom is 0.292 e. The third-order valence-electron chi connectivity index (χ3n) is 6.50. The van der Waals surface area contributed by atoms with Crippen LogP contribution in [0.1, 0.15) is 47.8 Å². The fourth-order valence-corrected chi connectivity index (χ4v) is 4.68. The highest BCUT2D eigenvalue weighted by atomic mass is 16.5. The minimum atomic E-state index is -0.415. The first-order chi connectivity index (χ1) is 14.6. The number of methoxy groups -OCH3 is 1. The van der Waals surface area contributed by atoms with E-state index < -0.39 is 5.60 Å². The van der Waals surface area contributed by atoms with Gasteiger partial charge in [0.25, 0.3) is 11.8 Å². The smallest absolute Gasteiger partial charge is 0.292 e. The molecule has 9 heteroatoms. The molecule has 0 bridgehead atoms. The molecule has 4 heterocycles. The molecule has 30 heavy (non-hydrogen) atoms. The zero-order valence-corrected chi connectivity index (χ0v) is 17.7. The molecular formula is C21H29N5O4. The third-order valence-corrected chi connectivity index (χ3v) is 6.50. The lowest BCUT2D eigenvalue weighted by Gasteiger charge is -2.43. The molecule has 0 radical (unpaired) electrons. The molecule has 1 saturated heterocycles. The predicted octanol–water partition coefficient (Wildman–Crippen LogP) is 1.88. The number of ether oxygens (including phenoxy) is 2. The second-order valence-corrected chi connectivity index (χ2v) is 8.73. The molecule has 1 spiro atoms. The average Bonchev–Trinajstić information content (AvgIpc) is 3.26. The maximum absolute atomic E-state index is 12.7. The summed E-state index contributed by atoms with van der Waals surface area (Å²) in [5, 5.41) is 3.72. The van der Waals surface area contributed by atoms with E-state index in [0.29, 0.717) is 25.6 Å². The summed E-state index contributed by atoms with van der Waals surface area (Å²) in [6.07, 6.45) is 6.17. The Morgan fingerprint density at radius 3 is 2.83 bits per heavy atom. The highest BCUT2D eigenvalue weighted by Crippen LogP contribution is 2.39. The monoisotopic (exact) mass is 415 g/mol. The molecule has 3 aliphatic rings. The van der Waals surface area contributed by atoms with E-state index in [1.165, 1.54) is 31.7 Å². The number of rotatable bonds is 6. The molecule has 162 valence electrons. The van der Waals surface area contributed by atoms with Crippen molar-refractivity contribution in [2.24, 2.45) is 5.92 Å². The summed E-state index contributed by atoms with van der Waals surface area (Å²) in [4.78, 5) is 21.7. The van der Waals surface area contributed by atoms with Gasteiger partial charge in [0.15, 0.2) is 0 Å². The van der Waals surface area contributed by atoms with Crippen molar-refractivity contribution in [3.8, 4) is 5.88 Å². The van der Waals surface area contributed by atoms with Crippen molar-refractivity contribution in [2.75, 3.05) is 40.4 Å². The van der Waals surface area contributed by atoms with Gasteiger partial charge < -0.3 is 28.4 Å². The average molecular weight is 415 g/mol. The number of hydrogen-bond acceptors (Lipinski definition) is 7. The van der Waals surface area contributed by atoms with E-state index in [9.17, 15) is 4.79 Å². The molecule has 1 saturated carbocycles. The topological polar surface area (TPSA) is 85.9 Å². The second-order valence-electron chi connectivity index (χ2n) is 8.73. The fraction of sp³-hybridized carbons (Fsp3) is 0.667. The van der Waals surface area contributed by atoms with Gasteiger partial charge in [-0.1, -0.05) is 0 Å². The van der Waals surface area contributed by atoms with Crippen LogP contribution in [0.15, 0.2) is 16.8 Å². The normalized spacial score (nSPS) is 20.6. The van der Waals surface area contributed by atoms with Crippen LogP contribution in [0, 0.1) is 5.92 Å². The molecule has 1 amide bonds. The van der Waals surface area contributed by atoms with Crippen LogP contribution < -0.4 is 4.74 Å². The molecule has 2 aliphatic heterocycles. The number of nitrogens with zero attached hydrogens (tertiary/aromatic N) is 5. The number of fused-ring (bicyclic) bond motifs is 2. The van der Waals surface area contributed by atoms with Gasteiger partial charge >= 0.3 is 0 Å². The minimum absolute atomic E-state index is 0.165. The molecule has 2 aromatic rings. The number of carbonyl (C=O) groups is 1. The SMILES string of the molecule is COc1cc(C(=O)N2CCC3(CC2)OCCn2c(CN(C)CC4CC4)cnc23)on1. The first-order valence-electron chi connectivity index (χ1n) is 10.8. The molecule has 2 aromatic heterocycles. The number of likely N-dealkylation sites (tertiary alicyclic amines) is 1. The van der Waals surface area contributed by atoms with Gasteiger partial charge in [0.05, 0.1) is 25.5 Å². The van der Waals surface area contributed by atoms with Gasteiger partial charge in [0.1, 0.15) is 11.4 Å². The largest absolute Gasteiger partial charge is 0.479 e. The fourth-order valence-electron chi connectivity index (χ4n) is 4.68. The summed E-state index contributed by atoms with van der Waals surface area (Å²) in [6, 6.07) is 1.53. The van der Waals surface area contributed by atoms with Crippen molar-refractivity contribution in [1.82, 2.24) is 24.5 Å². The van der Waals surface area contributed by atoms with E-state index in [-0.39, 0.29) is 11.7 Å². The van der Waals surface area contributed by atoms with Crippen LogP contribution >= 0.6 is 0 Å². The Labute approximate surface area is 175 Å². The van der Waals surface area contributed by atoms with Crippen molar-refractivity contribution in [3.63, 3.8) is 0 Å².